The highest BCUT2D eigenvalue weighted by Crippen LogP contribution is 2.32. The number of H-pyrrole nitrogens is 1. The lowest BCUT2D eigenvalue weighted by atomic mass is 10.1. The van der Waals surface area contributed by atoms with Crippen LogP contribution in [0.1, 0.15) is 22.4 Å². The quantitative estimate of drug-likeness (QED) is 0.771. The summed E-state index contributed by atoms with van der Waals surface area (Å²) in [5.41, 5.74) is 4.84. The molecule has 0 radical (unpaired) electrons. The number of hydrogen-bond acceptors (Lipinski definition) is 3. The minimum absolute atomic E-state index is 0.0724. The van der Waals surface area contributed by atoms with Gasteiger partial charge in [-0.3, -0.25) is 9.56 Å². The lowest BCUT2D eigenvalue weighted by molar-refractivity contribution is 0.420. The number of aromatic nitrogens is 2. The summed E-state index contributed by atoms with van der Waals surface area (Å²) in [6.45, 7) is 2.31. The lowest BCUT2D eigenvalue weighted by Gasteiger charge is -2.05. The standard InChI is InChI=1S/C20H17N3O2/c1-13-5-4-6-14(9-13)12-23-19(24)18(22-20(23)25)10-15-11-21-17-8-3-2-7-16(15)17/h2-11,24H,12H2,1H3,(H,22,25). The third-order valence-electron chi connectivity index (χ3n) is 4.26. The molecular weight excluding hydrogens is 314 g/mol. The molecule has 0 saturated carbocycles. The molecule has 3 aromatic rings. The number of nitrogens with zero attached hydrogens (tertiary/aromatic N) is 2. The maximum absolute atomic E-state index is 12.3. The molecular formula is C20H17N3O2. The number of aryl methyl sites for hydroxylation is 1. The molecule has 4 rings (SSSR count). The number of aliphatic imine (C=N–C) groups is 1. The molecule has 124 valence electrons. The molecule has 5 nitrogen and oxygen atoms in total. The number of aromatic hydroxyl groups is 1. The Morgan fingerprint density at radius 2 is 2.04 bits per heavy atom. The molecule has 1 aliphatic rings. The molecule has 25 heavy (non-hydrogen) atoms. The van der Waals surface area contributed by atoms with Crippen LogP contribution in [0, 0.1) is 6.92 Å². The number of rotatable bonds is 3. The number of hydrogen-bond donors (Lipinski definition) is 2. The topological polar surface area (TPSA) is 70.4 Å². The lowest BCUT2D eigenvalue weighted by Crippen LogP contribution is -2.17. The smallest absolute Gasteiger partial charge is 0.329 e. The Labute approximate surface area is 144 Å². The molecule has 5 heteroatoms. The van der Waals surface area contributed by atoms with Crippen molar-refractivity contribution < 1.29 is 5.11 Å². The molecule has 2 aromatic carbocycles. The summed E-state index contributed by atoms with van der Waals surface area (Å²) in [4.78, 5) is 19.3. The molecule has 0 saturated heterocycles. The van der Waals surface area contributed by atoms with Crippen LogP contribution in [-0.4, -0.2) is 20.9 Å². The minimum atomic E-state index is -0.339. The van der Waals surface area contributed by atoms with Gasteiger partial charge in [0.05, 0.1) is 12.2 Å². The van der Waals surface area contributed by atoms with Crippen molar-refractivity contribution in [2.45, 2.75) is 13.5 Å². The highest BCUT2D eigenvalue weighted by atomic mass is 16.3. The summed E-state index contributed by atoms with van der Waals surface area (Å²) in [5.74, 6) is -0.0724. The minimum Gasteiger partial charge on any atom is -0.493 e. The third kappa shape index (κ3) is 2.80. The second-order valence-electron chi connectivity index (χ2n) is 6.12. The summed E-state index contributed by atoms with van der Waals surface area (Å²) in [5, 5.41) is 10.5. The fraction of sp³-hybridized carbons (Fsp3) is 0.100. The Balaban J connectivity index is 1.71. The van der Waals surface area contributed by atoms with E-state index >= 15 is 0 Å². The van der Waals surface area contributed by atoms with E-state index in [1.165, 1.54) is 4.57 Å². The Morgan fingerprint density at radius 3 is 2.88 bits per heavy atom. The molecule has 2 N–H and O–H groups in total. The SMILES string of the molecule is Cc1cccc(Cn2c(O)c(C=C3C=Nc4ccccc43)[nH]c2=O)c1. The van der Waals surface area contributed by atoms with Gasteiger partial charge in [-0.2, -0.15) is 0 Å². The molecule has 0 aliphatic carbocycles. The van der Waals surface area contributed by atoms with Crippen LogP contribution in [0.15, 0.2) is 58.3 Å². The Morgan fingerprint density at radius 1 is 1.20 bits per heavy atom. The fourth-order valence-electron chi connectivity index (χ4n) is 3.03. The number of aromatic amines is 1. The van der Waals surface area contributed by atoms with Gasteiger partial charge >= 0.3 is 5.69 Å². The highest BCUT2D eigenvalue weighted by Gasteiger charge is 2.16. The Bertz CT molecular complexity index is 1070. The first-order chi connectivity index (χ1) is 12.1. The van der Waals surface area contributed by atoms with E-state index in [2.05, 4.69) is 9.98 Å². The maximum Gasteiger partial charge on any atom is 0.329 e. The molecule has 0 spiro atoms. The fourth-order valence-corrected chi connectivity index (χ4v) is 3.03. The number of allylic oxidation sites excluding steroid dienone is 1. The van der Waals surface area contributed by atoms with Gasteiger partial charge in [0, 0.05) is 17.4 Å². The van der Waals surface area contributed by atoms with Crippen LogP contribution in [-0.2, 0) is 6.54 Å². The van der Waals surface area contributed by atoms with E-state index in [0.717, 1.165) is 28.0 Å². The zero-order chi connectivity index (χ0) is 17.4. The van der Waals surface area contributed by atoms with Gasteiger partial charge in [-0.15, -0.1) is 0 Å². The van der Waals surface area contributed by atoms with Crippen LogP contribution in [0.3, 0.4) is 0 Å². The number of fused-ring (bicyclic) bond motifs is 1. The Kier molecular flexibility index (Phi) is 3.61. The van der Waals surface area contributed by atoms with Crippen molar-refractivity contribution in [3.05, 3.63) is 81.4 Å². The third-order valence-corrected chi connectivity index (χ3v) is 4.26. The summed E-state index contributed by atoms with van der Waals surface area (Å²) >= 11 is 0. The molecule has 0 fully saturated rings. The molecule has 1 aliphatic heterocycles. The number of benzene rings is 2. The molecule has 0 atom stereocenters. The van der Waals surface area contributed by atoms with Crippen LogP contribution < -0.4 is 5.69 Å². The van der Waals surface area contributed by atoms with Gasteiger partial charge in [0.2, 0.25) is 5.88 Å². The summed E-state index contributed by atoms with van der Waals surface area (Å²) in [6, 6.07) is 15.6. The van der Waals surface area contributed by atoms with Crippen molar-refractivity contribution in [2.24, 2.45) is 4.99 Å². The van der Waals surface area contributed by atoms with Gasteiger partial charge in [-0.05, 0) is 24.6 Å². The summed E-state index contributed by atoms with van der Waals surface area (Å²) in [6.07, 6.45) is 3.49. The van der Waals surface area contributed by atoms with Crippen LogP contribution in [0.4, 0.5) is 5.69 Å². The first-order valence-electron chi connectivity index (χ1n) is 8.04. The van der Waals surface area contributed by atoms with Gasteiger partial charge in [0.25, 0.3) is 0 Å². The Hall–Kier alpha value is -3.34. The molecule has 2 heterocycles. The van der Waals surface area contributed by atoms with E-state index in [9.17, 15) is 9.90 Å². The molecule has 0 unspecified atom stereocenters. The second-order valence-corrected chi connectivity index (χ2v) is 6.12. The molecule has 1 aromatic heterocycles. The van der Waals surface area contributed by atoms with E-state index in [-0.39, 0.29) is 11.6 Å². The van der Waals surface area contributed by atoms with Crippen LogP contribution in [0.5, 0.6) is 5.88 Å². The zero-order valence-electron chi connectivity index (χ0n) is 13.7. The summed E-state index contributed by atoms with van der Waals surface area (Å²) in [7, 11) is 0. The maximum atomic E-state index is 12.3. The monoisotopic (exact) mass is 331 g/mol. The van der Waals surface area contributed by atoms with Crippen LogP contribution >= 0.6 is 0 Å². The number of nitrogens with one attached hydrogen (secondary N) is 1. The van der Waals surface area contributed by atoms with Gasteiger partial charge in [0.1, 0.15) is 5.69 Å². The van der Waals surface area contributed by atoms with Crippen molar-refractivity contribution in [3.63, 3.8) is 0 Å². The largest absolute Gasteiger partial charge is 0.493 e. The van der Waals surface area contributed by atoms with Crippen LogP contribution in [0.25, 0.3) is 11.6 Å². The number of imidazole rings is 1. The van der Waals surface area contributed by atoms with Crippen LogP contribution in [0.2, 0.25) is 0 Å². The van der Waals surface area contributed by atoms with Gasteiger partial charge in [-0.25, -0.2) is 4.79 Å². The van der Waals surface area contributed by atoms with Crippen molar-refractivity contribution in [2.75, 3.05) is 0 Å². The second kappa shape index (κ2) is 5.94. The van der Waals surface area contributed by atoms with E-state index in [4.69, 9.17) is 0 Å². The van der Waals surface area contributed by atoms with E-state index < -0.39 is 0 Å². The van der Waals surface area contributed by atoms with Crippen molar-refractivity contribution in [3.8, 4) is 5.88 Å². The highest BCUT2D eigenvalue weighted by molar-refractivity contribution is 6.21. The average molecular weight is 331 g/mol. The van der Waals surface area contributed by atoms with E-state index in [1.54, 1.807) is 12.3 Å². The van der Waals surface area contributed by atoms with Gasteiger partial charge in [-0.1, -0.05) is 48.0 Å². The normalized spacial score (nSPS) is 14.2. The summed E-state index contributed by atoms with van der Waals surface area (Å²) < 4.78 is 1.33. The molecule has 0 bridgehead atoms. The van der Waals surface area contributed by atoms with E-state index in [0.29, 0.717) is 12.2 Å². The first-order valence-corrected chi connectivity index (χ1v) is 8.04. The van der Waals surface area contributed by atoms with Crippen molar-refractivity contribution in [1.82, 2.24) is 9.55 Å². The predicted molar refractivity (Wildman–Crippen MR) is 99.5 cm³/mol. The van der Waals surface area contributed by atoms with Gasteiger partial charge < -0.3 is 10.1 Å². The zero-order valence-corrected chi connectivity index (χ0v) is 13.7. The number of para-hydroxylation sites is 1. The molecule has 0 amide bonds. The predicted octanol–water partition coefficient (Wildman–Crippen LogP) is 3.50. The average Bonchev–Trinajstić information content (AvgIpc) is 3.12. The van der Waals surface area contributed by atoms with E-state index in [1.807, 2.05) is 55.5 Å². The van der Waals surface area contributed by atoms with Crippen molar-refractivity contribution in [1.29, 1.82) is 0 Å². The first kappa shape index (κ1) is 15.2. The van der Waals surface area contributed by atoms with Crippen molar-refractivity contribution >= 4 is 23.6 Å². The van der Waals surface area contributed by atoms with Gasteiger partial charge in [0.15, 0.2) is 0 Å².